The summed E-state index contributed by atoms with van der Waals surface area (Å²) in [4.78, 5) is 0. The predicted molar refractivity (Wildman–Crippen MR) is 88.7 cm³/mol. The molecule has 0 saturated heterocycles. The van der Waals surface area contributed by atoms with Crippen molar-refractivity contribution in [1.82, 2.24) is 0 Å². The summed E-state index contributed by atoms with van der Waals surface area (Å²) < 4.78 is 8.69. The first-order valence-electron chi connectivity index (χ1n) is 5.65. The minimum absolute atomic E-state index is 0.0113. The van der Waals surface area contributed by atoms with Crippen LogP contribution in [-0.4, -0.2) is 0 Å². The first-order valence-corrected chi connectivity index (χ1v) is 8.03. The first-order chi connectivity index (χ1) is 8.97. The van der Waals surface area contributed by atoms with Crippen LogP contribution in [0.15, 0.2) is 49.8 Å². The van der Waals surface area contributed by atoms with Crippen LogP contribution < -0.4 is 10.5 Å². The van der Waals surface area contributed by atoms with E-state index in [4.69, 9.17) is 10.5 Å². The molecule has 1 atom stereocenters. The van der Waals surface area contributed by atoms with Crippen LogP contribution >= 0.6 is 47.8 Å². The normalized spacial score (nSPS) is 12.3. The molecule has 2 N–H and O–H groups in total. The third-order valence-electron chi connectivity index (χ3n) is 2.58. The molecule has 19 heavy (non-hydrogen) atoms. The Morgan fingerprint density at radius 2 is 1.74 bits per heavy atom. The van der Waals surface area contributed by atoms with Crippen LogP contribution in [0, 0.1) is 0 Å². The zero-order valence-corrected chi connectivity index (χ0v) is 14.9. The van der Waals surface area contributed by atoms with Crippen LogP contribution in [0.3, 0.4) is 0 Å². The van der Waals surface area contributed by atoms with Gasteiger partial charge in [0.25, 0.3) is 0 Å². The second-order valence-corrected chi connectivity index (χ2v) is 6.77. The molecule has 0 aliphatic carbocycles. The lowest BCUT2D eigenvalue weighted by Crippen LogP contribution is -2.05. The van der Waals surface area contributed by atoms with Crippen molar-refractivity contribution < 1.29 is 4.74 Å². The van der Waals surface area contributed by atoms with E-state index in [2.05, 4.69) is 47.8 Å². The van der Waals surface area contributed by atoms with E-state index >= 15 is 0 Å². The van der Waals surface area contributed by atoms with E-state index in [0.29, 0.717) is 0 Å². The third-order valence-corrected chi connectivity index (χ3v) is 4.38. The van der Waals surface area contributed by atoms with Gasteiger partial charge in [-0.05, 0) is 58.7 Å². The Morgan fingerprint density at radius 1 is 1.00 bits per heavy atom. The Kier molecular flexibility index (Phi) is 5.06. The second kappa shape index (κ2) is 6.39. The van der Waals surface area contributed by atoms with Gasteiger partial charge in [-0.25, -0.2) is 0 Å². The summed E-state index contributed by atoms with van der Waals surface area (Å²) >= 11 is 10.4. The van der Waals surface area contributed by atoms with E-state index < -0.39 is 0 Å². The molecule has 2 aromatic rings. The highest BCUT2D eigenvalue weighted by Gasteiger charge is 2.08. The average Bonchev–Trinajstić information content (AvgIpc) is 2.32. The number of hydrogen-bond donors (Lipinski definition) is 1. The molecule has 0 aliphatic rings. The Balaban J connectivity index is 2.26. The SMILES string of the molecule is C[C@@H](N)c1ccc(Oc2ccc(Br)cc2Br)cc1Br. The second-order valence-electron chi connectivity index (χ2n) is 4.15. The summed E-state index contributed by atoms with van der Waals surface area (Å²) in [5, 5.41) is 0. The molecule has 0 unspecified atom stereocenters. The van der Waals surface area contributed by atoms with E-state index in [9.17, 15) is 0 Å². The van der Waals surface area contributed by atoms with Gasteiger partial charge in [-0.15, -0.1) is 0 Å². The summed E-state index contributed by atoms with van der Waals surface area (Å²) in [6.45, 7) is 1.95. The van der Waals surface area contributed by atoms with Crippen LogP contribution in [-0.2, 0) is 0 Å². The summed E-state index contributed by atoms with van der Waals surface area (Å²) in [5.41, 5.74) is 6.93. The first kappa shape index (κ1) is 15.0. The molecule has 0 aromatic heterocycles. The van der Waals surface area contributed by atoms with Crippen molar-refractivity contribution >= 4 is 47.8 Å². The standard InChI is InChI=1S/C14H12Br3NO/c1-8(18)11-4-3-10(7-12(11)16)19-14-5-2-9(15)6-13(14)17/h2-8H,18H2,1H3/t8-/m1/s1. The van der Waals surface area contributed by atoms with Gasteiger partial charge in [0.1, 0.15) is 11.5 Å². The molecule has 100 valence electrons. The molecule has 0 amide bonds. The van der Waals surface area contributed by atoms with Crippen molar-refractivity contribution in [2.75, 3.05) is 0 Å². The van der Waals surface area contributed by atoms with E-state index in [1.807, 2.05) is 43.3 Å². The molecular formula is C14H12Br3NO. The van der Waals surface area contributed by atoms with E-state index in [-0.39, 0.29) is 6.04 Å². The molecule has 0 spiro atoms. The molecule has 0 fully saturated rings. The van der Waals surface area contributed by atoms with Crippen LogP contribution in [0.1, 0.15) is 18.5 Å². The van der Waals surface area contributed by atoms with Crippen LogP contribution in [0.2, 0.25) is 0 Å². The summed E-state index contributed by atoms with van der Waals surface area (Å²) in [7, 11) is 0. The predicted octanol–water partition coefficient (Wildman–Crippen LogP) is 5.79. The number of hydrogen-bond acceptors (Lipinski definition) is 2. The van der Waals surface area contributed by atoms with Crippen LogP contribution in [0.5, 0.6) is 11.5 Å². The van der Waals surface area contributed by atoms with Crippen LogP contribution in [0.25, 0.3) is 0 Å². The zero-order valence-electron chi connectivity index (χ0n) is 10.2. The number of rotatable bonds is 3. The van der Waals surface area contributed by atoms with Crippen molar-refractivity contribution in [1.29, 1.82) is 0 Å². The fraction of sp³-hybridized carbons (Fsp3) is 0.143. The van der Waals surface area contributed by atoms with Gasteiger partial charge in [-0.2, -0.15) is 0 Å². The lowest BCUT2D eigenvalue weighted by Gasteiger charge is -2.12. The van der Waals surface area contributed by atoms with Crippen LogP contribution in [0.4, 0.5) is 0 Å². The van der Waals surface area contributed by atoms with Crippen molar-refractivity contribution in [3.63, 3.8) is 0 Å². The van der Waals surface area contributed by atoms with Gasteiger partial charge < -0.3 is 10.5 Å². The Morgan fingerprint density at radius 3 is 2.32 bits per heavy atom. The lowest BCUT2D eigenvalue weighted by atomic mass is 10.1. The molecule has 2 nitrogen and oxygen atoms in total. The third kappa shape index (κ3) is 3.81. The Bertz CT molecular complexity index is 599. The number of nitrogens with two attached hydrogens (primary N) is 1. The molecule has 0 aliphatic heterocycles. The minimum Gasteiger partial charge on any atom is -0.456 e. The molecular weight excluding hydrogens is 438 g/mol. The maximum absolute atomic E-state index is 5.87. The molecule has 0 bridgehead atoms. The Hall–Kier alpha value is -0.360. The largest absolute Gasteiger partial charge is 0.456 e. The molecule has 0 saturated carbocycles. The smallest absolute Gasteiger partial charge is 0.141 e. The number of benzene rings is 2. The number of ether oxygens (including phenoxy) is 1. The average molecular weight is 450 g/mol. The van der Waals surface area contributed by atoms with Gasteiger partial charge in [0.2, 0.25) is 0 Å². The summed E-state index contributed by atoms with van der Waals surface area (Å²) in [6, 6.07) is 11.6. The molecule has 2 rings (SSSR count). The lowest BCUT2D eigenvalue weighted by molar-refractivity contribution is 0.479. The minimum atomic E-state index is -0.0113. The zero-order chi connectivity index (χ0) is 14.0. The maximum Gasteiger partial charge on any atom is 0.141 e. The molecule has 2 aromatic carbocycles. The highest BCUT2D eigenvalue weighted by molar-refractivity contribution is 9.11. The fourth-order valence-electron chi connectivity index (χ4n) is 1.63. The summed E-state index contributed by atoms with van der Waals surface area (Å²) in [5.74, 6) is 1.53. The van der Waals surface area contributed by atoms with Gasteiger partial charge in [0.15, 0.2) is 0 Å². The molecule has 0 radical (unpaired) electrons. The van der Waals surface area contributed by atoms with Crippen molar-refractivity contribution in [2.24, 2.45) is 5.73 Å². The van der Waals surface area contributed by atoms with Gasteiger partial charge in [-0.1, -0.05) is 37.9 Å². The quantitative estimate of drug-likeness (QED) is 0.644. The molecule has 5 heteroatoms. The van der Waals surface area contributed by atoms with Gasteiger partial charge in [0, 0.05) is 15.0 Å². The highest BCUT2D eigenvalue weighted by Crippen LogP contribution is 2.34. The maximum atomic E-state index is 5.87. The monoisotopic (exact) mass is 447 g/mol. The summed E-state index contributed by atoms with van der Waals surface area (Å²) in [6.07, 6.45) is 0. The van der Waals surface area contributed by atoms with Crippen molar-refractivity contribution in [2.45, 2.75) is 13.0 Å². The Labute approximate surface area is 137 Å². The highest BCUT2D eigenvalue weighted by atomic mass is 79.9. The molecule has 0 heterocycles. The number of halogens is 3. The van der Waals surface area contributed by atoms with Gasteiger partial charge >= 0.3 is 0 Å². The van der Waals surface area contributed by atoms with Crippen molar-refractivity contribution in [3.05, 3.63) is 55.4 Å². The van der Waals surface area contributed by atoms with Crippen molar-refractivity contribution in [3.8, 4) is 11.5 Å². The fourth-order valence-corrected chi connectivity index (χ4v) is 3.47. The van der Waals surface area contributed by atoms with E-state index in [1.54, 1.807) is 0 Å². The van der Waals surface area contributed by atoms with E-state index in [0.717, 1.165) is 30.5 Å². The van der Waals surface area contributed by atoms with Gasteiger partial charge in [0.05, 0.1) is 4.47 Å². The van der Waals surface area contributed by atoms with E-state index in [1.165, 1.54) is 0 Å². The topological polar surface area (TPSA) is 35.2 Å². The van der Waals surface area contributed by atoms with Gasteiger partial charge in [-0.3, -0.25) is 0 Å².